The number of para-hydroxylation sites is 2. The van der Waals surface area contributed by atoms with E-state index in [0.29, 0.717) is 34.9 Å². The summed E-state index contributed by atoms with van der Waals surface area (Å²) in [7, 11) is 0. The first-order chi connectivity index (χ1) is 67.4. The maximum Gasteiger partial charge on any atom is 0.164 e. The smallest absolute Gasteiger partial charge is 0.164 e. The van der Waals surface area contributed by atoms with Gasteiger partial charge in [-0.1, -0.05) is 394 Å². The van der Waals surface area contributed by atoms with Crippen LogP contribution in [0, 0.1) is 0 Å². The number of nitrogens with zero attached hydrogens (tertiary/aromatic N) is 8. The summed E-state index contributed by atoms with van der Waals surface area (Å²) >= 11 is 3.74. The first kappa shape index (κ1) is 80.5. The normalized spacial score (nSPS) is 11.5. The van der Waals surface area contributed by atoms with Crippen LogP contribution in [-0.4, -0.2) is 39.0 Å². The van der Waals surface area contributed by atoms with Gasteiger partial charge in [0.15, 0.2) is 34.9 Å². The zero-order valence-electron chi connectivity index (χ0n) is 73.6. The highest BCUT2D eigenvalue weighted by Crippen LogP contribution is 2.48. The third-order valence-corrected chi connectivity index (χ3v) is 28.6. The van der Waals surface area contributed by atoms with Crippen molar-refractivity contribution in [1.29, 1.82) is 0 Å². The summed E-state index contributed by atoms with van der Waals surface area (Å²) in [5.41, 5.74) is 30.5. The van der Waals surface area contributed by atoms with E-state index >= 15 is 0 Å². The molecule has 0 aliphatic heterocycles. The predicted octanol–water partition coefficient (Wildman–Crippen LogP) is 34.0. The number of fused-ring (bicyclic) bond motifs is 12. The number of hydrogen-bond donors (Lipinski definition) is 0. The highest BCUT2D eigenvalue weighted by molar-refractivity contribution is 7.26. The molecular weight excluding hydrogens is 1690 g/mol. The molecular formula is C126H80N8S2. The van der Waals surface area contributed by atoms with Crippen LogP contribution in [0.5, 0.6) is 0 Å². The molecule has 0 unspecified atom stereocenters. The lowest BCUT2D eigenvalue weighted by molar-refractivity contribution is 1.07. The second kappa shape index (κ2) is 34.6. The van der Waals surface area contributed by atoms with Crippen molar-refractivity contribution in [2.24, 2.45) is 0 Å². The Morgan fingerprint density at radius 3 is 0.794 bits per heavy atom. The Hall–Kier alpha value is -17.5. The van der Waals surface area contributed by atoms with Crippen molar-refractivity contribution >= 4 is 107 Å². The monoisotopic (exact) mass is 1770 g/mol. The largest absolute Gasteiger partial charge is 0.309 e. The number of benzene rings is 20. The third kappa shape index (κ3) is 14.9. The van der Waals surface area contributed by atoms with Gasteiger partial charge in [0.2, 0.25) is 0 Å². The zero-order valence-corrected chi connectivity index (χ0v) is 75.2. The molecule has 6 heterocycles. The molecule has 26 aromatic rings. The molecule has 0 fully saturated rings. The lowest BCUT2D eigenvalue weighted by Crippen LogP contribution is -2.02. The molecule has 6 aromatic heterocycles. The summed E-state index contributed by atoms with van der Waals surface area (Å²) in [6.07, 6.45) is 0. The predicted molar refractivity (Wildman–Crippen MR) is 570 cm³/mol. The zero-order chi connectivity index (χ0) is 89.9. The summed E-state index contributed by atoms with van der Waals surface area (Å²) in [6, 6.07) is 173. The van der Waals surface area contributed by atoms with E-state index in [4.69, 9.17) is 29.9 Å². The average molecular weight is 1770 g/mol. The molecule has 136 heavy (non-hydrogen) atoms. The molecule has 0 radical (unpaired) electrons. The van der Waals surface area contributed by atoms with E-state index in [0.717, 1.165) is 122 Å². The summed E-state index contributed by atoms with van der Waals surface area (Å²) in [4.78, 5) is 31.4. The van der Waals surface area contributed by atoms with Crippen LogP contribution in [0.1, 0.15) is 0 Å². The van der Waals surface area contributed by atoms with E-state index in [-0.39, 0.29) is 0 Å². The first-order valence-corrected chi connectivity index (χ1v) is 47.5. The maximum atomic E-state index is 5.28. The highest BCUT2D eigenvalue weighted by Gasteiger charge is 2.25. The van der Waals surface area contributed by atoms with Gasteiger partial charge in [-0.15, -0.1) is 22.7 Å². The van der Waals surface area contributed by atoms with Crippen LogP contribution in [0.4, 0.5) is 0 Å². The third-order valence-electron chi connectivity index (χ3n) is 26.1. The number of thiophene rings is 2. The molecule has 0 saturated heterocycles. The van der Waals surface area contributed by atoms with Gasteiger partial charge in [0.1, 0.15) is 0 Å². The Kier molecular flexibility index (Phi) is 20.5. The van der Waals surface area contributed by atoms with Crippen LogP contribution in [0.3, 0.4) is 0 Å². The molecule has 8 nitrogen and oxygen atoms in total. The summed E-state index contributed by atoms with van der Waals surface area (Å²) in [5.74, 6) is 3.68. The second-order valence-electron chi connectivity index (χ2n) is 34.3. The topological polar surface area (TPSA) is 87.2 Å². The van der Waals surface area contributed by atoms with E-state index in [2.05, 4.69) is 464 Å². The van der Waals surface area contributed by atoms with Crippen molar-refractivity contribution in [2.45, 2.75) is 0 Å². The van der Waals surface area contributed by atoms with Gasteiger partial charge in [-0.25, -0.2) is 29.9 Å². The number of hydrogen-bond acceptors (Lipinski definition) is 8. The van der Waals surface area contributed by atoms with E-state index in [1.807, 2.05) is 53.0 Å². The van der Waals surface area contributed by atoms with Crippen molar-refractivity contribution in [3.8, 4) is 169 Å². The van der Waals surface area contributed by atoms with Crippen LogP contribution in [-0.2, 0) is 0 Å². The van der Waals surface area contributed by atoms with Gasteiger partial charge in [0, 0.05) is 106 Å². The van der Waals surface area contributed by atoms with E-state index in [9.17, 15) is 0 Å². The Balaban J connectivity index is 0.000000145. The van der Waals surface area contributed by atoms with E-state index in [1.165, 1.54) is 95.3 Å². The molecule has 636 valence electrons. The van der Waals surface area contributed by atoms with Crippen molar-refractivity contribution in [2.75, 3.05) is 0 Å². The Labute approximate surface area is 793 Å². The molecule has 10 heteroatoms. The Bertz CT molecular complexity index is 9080. The van der Waals surface area contributed by atoms with Crippen molar-refractivity contribution in [3.05, 3.63) is 485 Å². The van der Waals surface area contributed by atoms with Gasteiger partial charge in [-0.3, -0.25) is 0 Å². The quantitative estimate of drug-likeness (QED) is 0.0958. The molecule has 0 aliphatic rings. The first-order valence-electron chi connectivity index (χ1n) is 45.8. The minimum atomic E-state index is 0.604. The van der Waals surface area contributed by atoms with E-state index < -0.39 is 0 Å². The number of rotatable bonds is 16. The van der Waals surface area contributed by atoms with Crippen LogP contribution in [0.15, 0.2) is 485 Å². The maximum absolute atomic E-state index is 5.28. The summed E-state index contributed by atoms with van der Waals surface area (Å²) in [6.45, 7) is 0. The molecule has 0 N–H and O–H groups in total. The van der Waals surface area contributed by atoms with Crippen molar-refractivity contribution in [3.63, 3.8) is 0 Å². The Morgan fingerprint density at radius 1 is 0.140 bits per heavy atom. The van der Waals surface area contributed by atoms with Crippen LogP contribution >= 0.6 is 22.7 Å². The molecule has 0 bridgehead atoms. The van der Waals surface area contributed by atoms with Gasteiger partial charge in [-0.05, 0) is 169 Å². The molecule has 0 spiro atoms. The van der Waals surface area contributed by atoms with Gasteiger partial charge in [0.25, 0.3) is 0 Å². The summed E-state index contributed by atoms with van der Waals surface area (Å²) in [5, 5.41) is 10.0. The molecule has 0 saturated carbocycles. The van der Waals surface area contributed by atoms with Gasteiger partial charge in [-0.2, -0.15) is 0 Å². The second-order valence-corrected chi connectivity index (χ2v) is 36.4. The van der Waals surface area contributed by atoms with Crippen LogP contribution < -0.4 is 0 Å². The fourth-order valence-corrected chi connectivity index (χ4v) is 22.0. The van der Waals surface area contributed by atoms with Gasteiger partial charge >= 0.3 is 0 Å². The Morgan fingerprint density at radius 2 is 0.390 bits per heavy atom. The number of aromatic nitrogens is 8. The molecule has 0 aliphatic carbocycles. The standard InChI is InChI=1S/2C63H40N4S/c1-4-17-41(18-5-1)44-23-14-24-45(37-44)46-25-15-26-48(38-46)62-64-61(43-21-8-3-9-22-43)65-63(66-62)49-34-36-57(55(39-49)42-19-6-2-7-20-42)67-56-31-12-10-27-51(56)52-35-33-47(40-58(52)67)50-29-16-30-54-53-28-11-13-32-59(53)68-60(50)54;1-4-16-41(17-5-1)43-30-32-45(33-31-43)61-64-62(48-23-14-22-46(38-48)42-18-6-2-7-19-42)66-63(65-61)49-35-37-57(55(39-49)44-20-8-3-9-21-44)67-56-28-12-10-24-51(56)52-36-34-47(40-58(52)67)50-26-15-27-54-53-25-11-13-29-59(53)68-60(50)54/h2*1-40H. The van der Waals surface area contributed by atoms with Crippen LogP contribution in [0.2, 0.25) is 0 Å². The van der Waals surface area contributed by atoms with E-state index in [1.54, 1.807) is 0 Å². The van der Waals surface area contributed by atoms with Crippen LogP contribution in [0.25, 0.3) is 253 Å². The van der Waals surface area contributed by atoms with Gasteiger partial charge in [0.05, 0.1) is 33.4 Å². The lowest BCUT2D eigenvalue weighted by Gasteiger charge is -2.17. The summed E-state index contributed by atoms with van der Waals surface area (Å²) < 4.78 is 10.1. The minimum absolute atomic E-state index is 0.604. The average Bonchev–Trinajstić information content (AvgIpc) is 1.58. The SMILES string of the molecule is c1ccc(-c2ccc(-c3nc(-c4cccc(-c5ccccc5)c4)nc(-c4ccc(-n5c6ccccc6c6ccc(-c7cccc8c7sc7ccccc78)cc65)c(-c5ccccc5)c4)n3)cc2)cc1.c1ccc(-c2cccc(-c3cccc(-c4nc(-c5ccccc5)nc(-c5ccc(-n6c7ccccc7c7ccc(-c8cccc9c8sc8ccccc89)cc76)c(-c6ccccc6)c5)n4)c3)c2)cc1. The minimum Gasteiger partial charge on any atom is -0.309 e. The molecule has 20 aromatic carbocycles. The fourth-order valence-electron chi connectivity index (χ4n) is 19.6. The van der Waals surface area contributed by atoms with Crippen molar-refractivity contribution in [1.82, 2.24) is 39.0 Å². The molecule has 26 rings (SSSR count). The molecule has 0 amide bonds. The van der Waals surface area contributed by atoms with Gasteiger partial charge < -0.3 is 9.13 Å². The molecule has 0 atom stereocenters. The highest BCUT2D eigenvalue weighted by atomic mass is 32.1. The van der Waals surface area contributed by atoms with Crippen molar-refractivity contribution < 1.29 is 0 Å². The lowest BCUT2D eigenvalue weighted by atomic mass is 9.98. The fraction of sp³-hybridized carbons (Fsp3) is 0.